The molecule has 0 heterocycles. The first-order valence-electron chi connectivity index (χ1n) is 5.64. The minimum atomic E-state index is -4.53. The number of thioether (sulfide) groups is 1. The van der Waals surface area contributed by atoms with Crippen LogP contribution in [0, 0.1) is 0 Å². The Morgan fingerprint density at radius 1 is 1.33 bits per heavy atom. The van der Waals surface area contributed by atoms with Crippen molar-refractivity contribution >= 4 is 11.8 Å². The maximum atomic E-state index is 11.7. The Morgan fingerprint density at radius 2 is 2.11 bits per heavy atom. The Balaban J connectivity index is 2.33. The quantitative estimate of drug-likeness (QED) is 0.610. The molecule has 0 fully saturated rings. The average Bonchev–Trinajstić information content (AvgIpc) is 2.31. The van der Waals surface area contributed by atoms with Crippen LogP contribution in [-0.4, -0.2) is 25.3 Å². The molecule has 1 N–H and O–H groups in total. The monoisotopic (exact) mass is 279 g/mol. The van der Waals surface area contributed by atoms with Crippen molar-refractivity contribution in [3.05, 3.63) is 29.8 Å². The van der Waals surface area contributed by atoms with Crippen LogP contribution in [0.5, 0.6) is 0 Å². The molecule has 102 valence electrons. The average molecular weight is 279 g/mol. The lowest BCUT2D eigenvalue weighted by Gasteiger charge is -2.08. The second-order valence-electron chi connectivity index (χ2n) is 3.57. The molecule has 1 aromatic rings. The van der Waals surface area contributed by atoms with Gasteiger partial charge in [0.2, 0.25) is 0 Å². The minimum absolute atomic E-state index is 0.282. The van der Waals surface area contributed by atoms with Gasteiger partial charge >= 0.3 is 6.36 Å². The molecular weight excluding hydrogens is 263 g/mol. The molecule has 0 spiro atoms. The second-order valence-corrected chi connectivity index (χ2v) is 4.74. The number of ether oxygens (including phenoxy) is 1. The third-order valence-corrected chi connectivity index (χ3v) is 3.05. The smallest absolute Gasteiger partial charge is 0.313 e. The molecule has 0 unspecified atom stereocenters. The molecule has 0 amide bonds. The summed E-state index contributed by atoms with van der Waals surface area (Å²) < 4.78 is 38.9. The Labute approximate surface area is 109 Å². The molecule has 1 aromatic carbocycles. The van der Waals surface area contributed by atoms with Gasteiger partial charge in [0.1, 0.15) is 0 Å². The third-order valence-electron chi connectivity index (χ3n) is 2.10. The van der Waals surface area contributed by atoms with Crippen LogP contribution in [0.2, 0.25) is 0 Å². The Kier molecular flexibility index (Phi) is 6.52. The highest BCUT2D eigenvalue weighted by Gasteiger charge is 2.28. The molecule has 0 aliphatic heterocycles. The van der Waals surface area contributed by atoms with Gasteiger partial charge in [-0.1, -0.05) is 19.1 Å². The zero-order valence-electron chi connectivity index (χ0n) is 10.1. The van der Waals surface area contributed by atoms with Crippen molar-refractivity contribution < 1.29 is 17.9 Å². The van der Waals surface area contributed by atoms with Crippen molar-refractivity contribution in [2.24, 2.45) is 0 Å². The lowest BCUT2D eigenvalue weighted by atomic mass is 10.2. The van der Waals surface area contributed by atoms with Gasteiger partial charge in [-0.15, -0.1) is 24.9 Å². The Bertz CT molecular complexity index is 357. The zero-order chi connectivity index (χ0) is 13.4. The van der Waals surface area contributed by atoms with Gasteiger partial charge in [-0.25, -0.2) is 0 Å². The number of rotatable bonds is 7. The van der Waals surface area contributed by atoms with E-state index in [1.54, 1.807) is 0 Å². The van der Waals surface area contributed by atoms with Gasteiger partial charge in [-0.3, -0.25) is 4.74 Å². The van der Waals surface area contributed by atoms with Crippen LogP contribution in [0.25, 0.3) is 0 Å². The van der Waals surface area contributed by atoms with E-state index < -0.39 is 6.36 Å². The number of benzene rings is 1. The van der Waals surface area contributed by atoms with Crippen molar-refractivity contribution in [2.45, 2.75) is 24.7 Å². The largest absolute Gasteiger partial charge is 0.522 e. The number of hydrogen-bond acceptors (Lipinski definition) is 3. The van der Waals surface area contributed by atoms with E-state index in [9.17, 15) is 13.2 Å². The molecule has 0 aromatic heterocycles. The summed E-state index contributed by atoms with van der Waals surface area (Å²) in [5, 5.41) is 3.20. The van der Waals surface area contributed by atoms with Crippen LogP contribution in [0.15, 0.2) is 29.2 Å². The van der Waals surface area contributed by atoms with Crippen molar-refractivity contribution in [3.8, 4) is 0 Å². The molecule has 0 atom stereocenters. The Morgan fingerprint density at radius 3 is 2.78 bits per heavy atom. The molecule has 6 heteroatoms. The zero-order valence-corrected chi connectivity index (χ0v) is 10.9. The van der Waals surface area contributed by atoms with Gasteiger partial charge in [0.25, 0.3) is 0 Å². The van der Waals surface area contributed by atoms with Gasteiger partial charge in [-0.2, -0.15) is 0 Å². The van der Waals surface area contributed by atoms with E-state index in [1.807, 2.05) is 31.2 Å². The number of alkyl halides is 3. The van der Waals surface area contributed by atoms with Gasteiger partial charge in [0.15, 0.2) is 0 Å². The highest BCUT2D eigenvalue weighted by molar-refractivity contribution is 7.99. The molecule has 0 aliphatic carbocycles. The predicted molar refractivity (Wildman–Crippen MR) is 66.6 cm³/mol. The number of hydrogen-bond donors (Lipinski definition) is 1. The van der Waals surface area contributed by atoms with E-state index in [-0.39, 0.29) is 12.4 Å². The molecule has 0 aliphatic rings. The summed E-state index contributed by atoms with van der Waals surface area (Å²) in [6, 6.07) is 7.74. The third kappa shape index (κ3) is 6.88. The summed E-state index contributed by atoms with van der Waals surface area (Å²) >= 11 is 1.36. The first-order chi connectivity index (χ1) is 8.51. The summed E-state index contributed by atoms with van der Waals surface area (Å²) in [4.78, 5) is 0.955. The summed E-state index contributed by atoms with van der Waals surface area (Å²) in [7, 11) is 0. The van der Waals surface area contributed by atoms with Crippen LogP contribution in [0.4, 0.5) is 13.2 Å². The van der Waals surface area contributed by atoms with E-state index >= 15 is 0 Å². The summed E-state index contributed by atoms with van der Waals surface area (Å²) in [5.41, 5.74) is 1.12. The first kappa shape index (κ1) is 15.3. The lowest BCUT2D eigenvalue weighted by molar-refractivity contribution is -0.322. The normalized spacial score (nSPS) is 11.8. The van der Waals surface area contributed by atoms with Crippen LogP contribution >= 0.6 is 11.8 Å². The molecule has 18 heavy (non-hydrogen) atoms. The fourth-order valence-electron chi connectivity index (χ4n) is 1.33. The molecule has 2 nitrogen and oxygen atoms in total. The van der Waals surface area contributed by atoms with E-state index in [0.717, 1.165) is 23.5 Å². The first-order valence-corrected chi connectivity index (χ1v) is 6.63. The van der Waals surface area contributed by atoms with E-state index in [1.165, 1.54) is 11.8 Å². The number of halogens is 3. The van der Waals surface area contributed by atoms with Crippen LogP contribution < -0.4 is 5.32 Å². The van der Waals surface area contributed by atoms with Crippen molar-refractivity contribution in [2.75, 3.05) is 18.9 Å². The minimum Gasteiger partial charge on any atom is -0.313 e. The van der Waals surface area contributed by atoms with Gasteiger partial charge < -0.3 is 5.32 Å². The highest BCUT2D eigenvalue weighted by atomic mass is 32.2. The van der Waals surface area contributed by atoms with Gasteiger partial charge in [0.05, 0.1) is 6.61 Å². The SMILES string of the molecule is CCNCc1cccc(SCCOC(F)(F)F)c1. The number of nitrogens with one attached hydrogen (secondary N) is 1. The Hall–Kier alpha value is -0.720. The molecule has 0 bridgehead atoms. The van der Waals surface area contributed by atoms with Crippen molar-refractivity contribution in [1.82, 2.24) is 5.32 Å². The van der Waals surface area contributed by atoms with Crippen LogP contribution in [0.1, 0.15) is 12.5 Å². The summed E-state index contributed by atoms with van der Waals surface area (Å²) in [6.45, 7) is 3.35. The predicted octanol–water partition coefficient (Wildman–Crippen LogP) is 3.42. The summed E-state index contributed by atoms with van der Waals surface area (Å²) in [6.07, 6.45) is -4.53. The van der Waals surface area contributed by atoms with Gasteiger partial charge in [0, 0.05) is 17.2 Å². The fourth-order valence-corrected chi connectivity index (χ4v) is 2.14. The van der Waals surface area contributed by atoms with Gasteiger partial charge in [-0.05, 0) is 24.2 Å². The molecular formula is C12H16F3NOS. The molecule has 0 radical (unpaired) electrons. The second kappa shape index (κ2) is 7.66. The van der Waals surface area contributed by atoms with Crippen LogP contribution in [-0.2, 0) is 11.3 Å². The highest BCUT2D eigenvalue weighted by Crippen LogP contribution is 2.21. The van der Waals surface area contributed by atoms with Crippen molar-refractivity contribution in [1.29, 1.82) is 0 Å². The standard InChI is InChI=1S/C12H16F3NOS/c1-2-16-9-10-4-3-5-11(8-10)18-7-6-17-12(13,14)15/h3-5,8,16H,2,6-7,9H2,1H3. The van der Waals surface area contributed by atoms with E-state index in [2.05, 4.69) is 10.1 Å². The molecule has 0 saturated heterocycles. The van der Waals surface area contributed by atoms with E-state index in [0.29, 0.717) is 0 Å². The van der Waals surface area contributed by atoms with E-state index in [4.69, 9.17) is 0 Å². The van der Waals surface area contributed by atoms with Crippen LogP contribution in [0.3, 0.4) is 0 Å². The molecule has 1 rings (SSSR count). The fraction of sp³-hybridized carbons (Fsp3) is 0.500. The topological polar surface area (TPSA) is 21.3 Å². The lowest BCUT2D eigenvalue weighted by Crippen LogP contribution is -2.15. The maximum absolute atomic E-state index is 11.7. The molecule has 0 saturated carbocycles. The van der Waals surface area contributed by atoms with Crippen molar-refractivity contribution in [3.63, 3.8) is 0 Å². The summed E-state index contributed by atoms with van der Waals surface area (Å²) in [5.74, 6) is 0.282. The maximum Gasteiger partial charge on any atom is 0.522 e.